The number of hydrogen-bond donors (Lipinski definition) is 1. The Morgan fingerprint density at radius 2 is 2.23 bits per heavy atom. The molecule has 2 atom stereocenters. The Balaban J connectivity index is 1.52. The van der Waals surface area contributed by atoms with Crippen LogP contribution in [0.1, 0.15) is 32.6 Å². The van der Waals surface area contributed by atoms with Crippen LogP contribution in [0.2, 0.25) is 0 Å². The molecule has 1 aliphatic heterocycles. The van der Waals surface area contributed by atoms with E-state index < -0.39 is 0 Å². The van der Waals surface area contributed by atoms with Crippen molar-refractivity contribution in [2.45, 2.75) is 38.7 Å². The Morgan fingerprint density at radius 1 is 1.38 bits per heavy atom. The molecule has 1 saturated heterocycles. The van der Waals surface area contributed by atoms with Gasteiger partial charge in [-0.25, -0.2) is 0 Å². The summed E-state index contributed by atoms with van der Waals surface area (Å²) in [6.07, 6.45) is 5.94. The number of rotatable bonds is 5. The Kier molecular flexibility index (Phi) is 3.23. The van der Waals surface area contributed by atoms with Crippen LogP contribution in [-0.2, 0) is 4.74 Å². The van der Waals surface area contributed by atoms with Crippen LogP contribution in [0.25, 0.3) is 0 Å². The minimum Gasteiger partial charge on any atom is -0.377 e. The van der Waals surface area contributed by atoms with Crippen LogP contribution in [0.4, 0.5) is 0 Å². The van der Waals surface area contributed by atoms with Gasteiger partial charge in [0, 0.05) is 13.2 Å². The van der Waals surface area contributed by atoms with Crippen molar-refractivity contribution >= 4 is 0 Å². The SMILES string of the molecule is CC(CNCC1CCCO1)C1CC1. The Hall–Kier alpha value is -0.0800. The van der Waals surface area contributed by atoms with E-state index in [-0.39, 0.29) is 0 Å². The largest absolute Gasteiger partial charge is 0.377 e. The van der Waals surface area contributed by atoms with E-state index in [1.165, 1.54) is 32.2 Å². The molecule has 0 radical (unpaired) electrons. The van der Waals surface area contributed by atoms with Crippen LogP contribution in [0.3, 0.4) is 0 Å². The highest BCUT2D eigenvalue weighted by molar-refractivity contribution is 4.80. The molecule has 0 aromatic rings. The van der Waals surface area contributed by atoms with Gasteiger partial charge < -0.3 is 10.1 Å². The van der Waals surface area contributed by atoms with Crippen LogP contribution in [0.15, 0.2) is 0 Å². The molecule has 2 heteroatoms. The lowest BCUT2D eigenvalue weighted by molar-refractivity contribution is 0.109. The van der Waals surface area contributed by atoms with E-state index in [4.69, 9.17) is 4.74 Å². The van der Waals surface area contributed by atoms with Crippen LogP contribution in [0, 0.1) is 11.8 Å². The second-order valence-electron chi connectivity index (χ2n) is 4.61. The fraction of sp³-hybridized carbons (Fsp3) is 1.00. The molecule has 13 heavy (non-hydrogen) atoms. The van der Waals surface area contributed by atoms with E-state index in [9.17, 15) is 0 Å². The van der Waals surface area contributed by atoms with Crippen molar-refractivity contribution in [1.82, 2.24) is 5.32 Å². The fourth-order valence-electron chi connectivity index (χ4n) is 2.11. The Labute approximate surface area is 81.0 Å². The van der Waals surface area contributed by atoms with Gasteiger partial charge in [0.1, 0.15) is 0 Å². The smallest absolute Gasteiger partial charge is 0.0700 e. The first-order valence-electron chi connectivity index (χ1n) is 5.68. The molecule has 2 unspecified atom stereocenters. The van der Waals surface area contributed by atoms with E-state index >= 15 is 0 Å². The van der Waals surface area contributed by atoms with Gasteiger partial charge in [-0.05, 0) is 44.1 Å². The summed E-state index contributed by atoms with van der Waals surface area (Å²) in [5.74, 6) is 1.90. The fourth-order valence-corrected chi connectivity index (χ4v) is 2.11. The summed E-state index contributed by atoms with van der Waals surface area (Å²) in [7, 11) is 0. The first kappa shape index (κ1) is 9.47. The zero-order valence-electron chi connectivity index (χ0n) is 8.59. The average molecular weight is 183 g/mol. The standard InChI is InChI=1S/C11H21NO/c1-9(10-4-5-10)7-12-8-11-3-2-6-13-11/h9-12H,2-8H2,1H3. The van der Waals surface area contributed by atoms with Gasteiger partial charge in [-0.15, -0.1) is 0 Å². The third-order valence-electron chi connectivity index (χ3n) is 3.29. The third-order valence-corrected chi connectivity index (χ3v) is 3.29. The van der Waals surface area contributed by atoms with E-state index in [2.05, 4.69) is 12.2 Å². The van der Waals surface area contributed by atoms with Crippen molar-refractivity contribution < 1.29 is 4.74 Å². The second-order valence-corrected chi connectivity index (χ2v) is 4.61. The van der Waals surface area contributed by atoms with Crippen molar-refractivity contribution in [2.75, 3.05) is 19.7 Å². The maximum atomic E-state index is 5.55. The molecule has 76 valence electrons. The van der Waals surface area contributed by atoms with E-state index in [1.807, 2.05) is 0 Å². The summed E-state index contributed by atoms with van der Waals surface area (Å²) >= 11 is 0. The number of nitrogens with one attached hydrogen (secondary N) is 1. The predicted molar refractivity (Wildman–Crippen MR) is 53.7 cm³/mol. The third kappa shape index (κ3) is 2.96. The van der Waals surface area contributed by atoms with Crippen LogP contribution in [0.5, 0.6) is 0 Å². The average Bonchev–Trinajstić information content (AvgIpc) is 2.86. The zero-order chi connectivity index (χ0) is 9.10. The van der Waals surface area contributed by atoms with Crippen LogP contribution in [-0.4, -0.2) is 25.8 Å². The highest BCUT2D eigenvalue weighted by Gasteiger charge is 2.27. The molecule has 2 aliphatic rings. The molecular formula is C11H21NO. The van der Waals surface area contributed by atoms with Gasteiger partial charge in [0.05, 0.1) is 6.10 Å². The van der Waals surface area contributed by atoms with Gasteiger partial charge in [-0.1, -0.05) is 6.92 Å². The molecule has 0 amide bonds. The molecule has 0 bridgehead atoms. The Morgan fingerprint density at radius 3 is 2.85 bits per heavy atom. The Bertz CT molecular complexity index is 148. The van der Waals surface area contributed by atoms with Gasteiger partial charge >= 0.3 is 0 Å². The van der Waals surface area contributed by atoms with Gasteiger partial charge in [0.25, 0.3) is 0 Å². The number of hydrogen-bond acceptors (Lipinski definition) is 2. The molecule has 1 saturated carbocycles. The van der Waals surface area contributed by atoms with Crippen molar-refractivity contribution in [1.29, 1.82) is 0 Å². The summed E-state index contributed by atoms with van der Waals surface area (Å²) in [5, 5.41) is 3.52. The van der Waals surface area contributed by atoms with Crippen molar-refractivity contribution in [2.24, 2.45) is 11.8 Å². The van der Waals surface area contributed by atoms with E-state index in [0.29, 0.717) is 6.10 Å². The minimum absolute atomic E-state index is 0.506. The normalized spacial score (nSPS) is 30.7. The predicted octanol–water partition coefficient (Wildman–Crippen LogP) is 1.80. The molecule has 0 aromatic heterocycles. The molecule has 0 spiro atoms. The molecular weight excluding hydrogens is 162 g/mol. The maximum Gasteiger partial charge on any atom is 0.0700 e. The molecule has 2 rings (SSSR count). The van der Waals surface area contributed by atoms with Crippen molar-refractivity contribution in [3.05, 3.63) is 0 Å². The first-order chi connectivity index (χ1) is 6.36. The highest BCUT2D eigenvalue weighted by atomic mass is 16.5. The minimum atomic E-state index is 0.506. The summed E-state index contributed by atoms with van der Waals surface area (Å²) in [5.41, 5.74) is 0. The topological polar surface area (TPSA) is 21.3 Å². The molecule has 2 fully saturated rings. The summed E-state index contributed by atoms with van der Waals surface area (Å²) in [6, 6.07) is 0. The molecule has 0 aromatic carbocycles. The van der Waals surface area contributed by atoms with Crippen LogP contribution < -0.4 is 5.32 Å². The van der Waals surface area contributed by atoms with E-state index in [1.54, 1.807) is 0 Å². The van der Waals surface area contributed by atoms with Gasteiger partial charge in [0.15, 0.2) is 0 Å². The lowest BCUT2D eigenvalue weighted by Crippen LogP contribution is -2.30. The molecule has 2 nitrogen and oxygen atoms in total. The van der Waals surface area contributed by atoms with Crippen molar-refractivity contribution in [3.63, 3.8) is 0 Å². The van der Waals surface area contributed by atoms with Gasteiger partial charge in [-0.3, -0.25) is 0 Å². The quantitative estimate of drug-likeness (QED) is 0.702. The zero-order valence-corrected chi connectivity index (χ0v) is 8.59. The summed E-state index contributed by atoms with van der Waals surface area (Å²) in [4.78, 5) is 0. The lowest BCUT2D eigenvalue weighted by atomic mass is 10.1. The summed E-state index contributed by atoms with van der Waals surface area (Å²) < 4.78 is 5.55. The molecule has 1 N–H and O–H groups in total. The second kappa shape index (κ2) is 4.43. The summed E-state index contributed by atoms with van der Waals surface area (Å²) in [6.45, 7) is 5.59. The molecule has 1 aliphatic carbocycles. The lowest BCUT2D eigenvalue weighted by Gasteiger charge is -2.14. The highest BCUT2D eigenvalue weighted by Crippen LogP contribution is 2.36. The van der Waals surface area contributed by atoms with Crippen LogP contribution >= 0.6 is 0 Å². The van der Waals surface area contributed by atoms with E-state index in [0.717, 1.165) is 25.0 Å². The van der Waals surface area contributed by atoms with Crippen molar-refractivity contribution in [3.8, 4) is 0 Å². The maximum absolute atomic E-state index is 5.55. The number of ether oxygens (including phenoxy) is 1. The molecule has 1 heterocycles. The first-order valence-corrected chi connectivity index (χ1v) is 5.68. The monoisotopic (exact) mass is 183 g/mol. The van der Waals surface area contributed by atoms with Gasteiger partial charge in [-0.2, -0.15) is 0 Å². The van der Waals surface area contributed by atoms with Gasteiger partial charge in [0.2, 0.25) is 0 Å².